The lowest BCUT2D eigenvalue weighted by molar-refractivity contribution is -0.137. The molecule has 0 radical (unpaired) electrons. The van der Waals surface area contributed by atoms with Crippen LogP contribution < -0.4 is 5.32 Å². The first kappa shape index (κ1) is 16.0. The lowest BCUT2D eigenvalue weighted by atomic mass is 10.3. The standard InChI is InChI=1S/C12H20F3N3O/c1-2-19-8-4-3-5-16-6-7-18-10-11(9-17-18)12(13,14)15/h9-10,16H,2-8H2,1H3. The second-order valence-corrected chi connectivity index (χ2v) is 4.14. The SMILES string of the molecule is CCOCCCCNCCn1cc(C(F)(F)F)cn1. The van der Waals surface area contributed by atoms with E-state index in [-0.39, 0.29) is 0 Å². The lowest BCUT2D eigenvalue weighted by Gasteiger charge is -2.05. The summed E-state index contributed by atoms with van der Waals surface area (Å²) in [5.74, 6) is 0. The molecule has 0 spiro atoms. The van der Waals surface area contributed by atoms with Gasteiger partial charge in [0.1, 0.15) is 0 Å². The summed E-state index contributed by atoms with van der Waals surface area (Å²) in [6.07, 6.45) is -0.461. The Bertz CT molecular complexity index is 352. The highest BCUT2D eigenvalue weighted by Crippen LogP contribution is 2.28. The molecule has 0 fully saturated rings. The zero-order valence-electron chi connectivity index (χ0n) is 11.0. The Kier molecular flexibility index (Phi) is 6.86. The Morgan fingerprint density at radius 3 is 2.74 bits per heavy atom. The molecule has 1 aromatic heterocycles. The molecule has 1 N–H and O–H groups in total. The second-order valence-electron chi connectivity index (χ2n) is 4.14. The normalized spacial score (nSPS) is 12.0. The minimum absolute atomic E-state index is 0.432. The van der Waals surface area contributed by atoms with Crippen LogP contribution in [-0.2, 0) is 17.5 Å². The second kappa shape index (κ2) is 8.16. The molecule has 110 valence electrons. The van der Waals surface area contributed by atoms with E-state index in [2.05, 4.69) is 10.4 Å². The number of ether oxygens (including phenoxy) is 1. The molecule has 4 nitrogen and oxygen atoms in total. The van der Waals surface area contributed by atoms with Crippen LogP contribution in [0.3, 0.4) is 0 Å². The van der Waals surface area contributed by atoms with E-state index in [1.54, 1.807) is 0 Å². The number of alkyl halides is 3. The van der Waals surface area contributed by atoms with Crippen molar-refractivity contribution >= 4 is 0 Å². The maximum Gasteiger partial charge on any atom is 0.419 e. The molecule has 0 aliphatic carbocycles. The van der Waals surface area contributed by atoms with E-state index in [0.29, 0.717) is 13.1 Å². The summed E-state index contributed by atoms with van der Waals surface area (Å²) >= 11 is 0. The predicted molar refractivity (Wildman–Crippen MR) is 65.8 cm³/mol. The third-order valence-corrected chi connectivity index (χ3v) is 2.57. The van der Waals surface area contributed by atoms with Crippen molar-refractivity contribution in [3.8, 4) is 0 Å². The Morgan fingerprint density at radius 2 is 2.11 bits per heavy atom. The number of rotatable bonds is 9. The Morgan fingerprint density at radius 1 is 1.32 bits per heavy atom. The quantitative estimate of drug-likeness (QED) is 0.705. The summed E-state index contributed by atoms with van der Waals surface area (Å²) in [4.78, 5) is 0. The van der Waals surface area contributed by atoms with Crippen LogP contribution in [0.15, 0.2) is 12.4 Å². The zero-order valence-corrected chi connectivity index (χ0v) is 11.0. The lowest BCUT2D eigenvalue weighted by Crippen LogP contribution is -2.21. The van der Waals surface area contributed by atoms with Crippen LogP contribution in [0, 0.1) is 0 Å². The van der Waals surface area contributed by atoms with E-state index in [4.69, 9.17) is 4.74 Å². The van der Waals surface area contributed by atoms with Gasteiger partial charge in [-0.2, -0.15) is 18.3 Å². The molecular weight excluding hydrogens is 259 g/mol. The molecule has 0 aliphatic heterocycles. The summed E-state index contributed by atoms with van der Waals surface area (Å²) in [5, 5.41) is 6.84. The van der Waals surface area contributed by atoms with Gasteiger partial charge in [-0.25, -0.2) is 0 Å². The van der Waals surface area contributed by atoms with Crippen LogP contribution in [0.1, 0.15) is 25.3 Å². The highest BCUT2D eigenvalue weighted by Gasteiger charge is 2.31. The van der Waals surface area contributed by atoms with Gasteiger partial charge in [-0.05, 0) is 26.3 Å². The van der Waals surface area contributed by atoms with Gasteiger partial charge in [0.15, 0.2) is 0 Å². The van der Waals surface area contributed by atoms with Crippen LogP contribution in [0.5, 0.6) is 0 Å². The molecule has 0 saturated heterocycles. The number of unbranched alkanes of at least 4 members (excludes halogenated alkanes) is 1. The van der Waals surface area contributed by atoms with Crippen LogP contribution in [-0.4, -0.2) is 36.1 Å². The van der Waals surface area contributed by atoms with Gasteiger partial charge in [0.05, 0.1) is 18.3 Å². The van der Waals surface area contributed by atoms with Gasteiger partial charge >= 0.3 is 6.18 Å². The highest BCUT2D eigenvalue weighted by atomic mass is 19.4. The van der Waals surface area contributed by atoms with Crippen molar-refractivity contribution in [2.24, 2.45) is 0 Å². The molecule has 1 rings (SSSR count). The fourth-order valence-corrected chi connectivity index (χ4v) is 1.55. The summed E-state index contributed by atoms with van der Waals surface area (Å²) < 4.78 is 43.4. The first-order valence-electron chi connectivity index (χ1n) is 6.42. The van der Waals surface area contributed by atoms with Crippen LogP contribution >= 0.6 is 0 Å². The van der Waals surface area contributed by atoms with Crippen LogP contribution in [0.2, 0.25) is 0 Å². The molecule has 0 aliphatic rings. The minimum Gasteiger partial charge on any atom is -0.382 e. The van der Waals surface area contributed by atoms with Crippen molar-refractivity contribution in [2.75, 3.05) is 26.3 Å². The monoisotopic (exact) mass is 279 g/mol. The van der Waals surface area contributed by atoms with Gasteiger partial charge in [-0.3, -0.25) is 4.68 Å². The number of hydrogen-bond acceptors (Lipinski definition) is 3. The number of hydrogen-bond donors (Lipinski definition) is 1. The van der Waals surface area contributed by atoms with Crippen molar-refractivity contribution in [2.45, 2.75) is 32.5 Å². The van der Waals surface area contributed by atoms with Crippen molar-refractivity contribution in [3.05, 3.63) is 18.0 Å². The topological polar surface area (TPSA) is 39.1 Å². The third-order valence-electron chi connectivity index (χ3n) is 2.57. The summed E-state index contributed by atoms with van der Waals surface area (Å²) in [7, 11) is 0. The Hall–Kier alpha value is -1.08. The minimum atomic E-state index is -4.31. The largest absolute Gasteiger partial charge is 0.419 e. The fraction of sp³-hybridized carbons (Fsp3) is 0.750. The number of aromatic nitrogens is 2. The molecule has 19 heavy (non-hydrogen) atoms. The van der Waals surface area contributed by atoms with Gasteiger partial charge in [0.2, 0.25) is 0 Å². The molecular formula is C12H20F3N3O. The summed E-state index contributed by atoms with van der Waals surface area (Å²) in [6.45, 7) is 5.31. The van der Waals surface area contributed by atoms with Gasteiger partial charge in [-0.1, -0.05) is 0 Å². The first-order valence-corrected chi connectivity index (χ1v) is 6.42. The van der Waals surface area contributed by atoms with E-state index < -0.39 is 11.7 Å². The molecule has 7 heteroatoms. The fourth-order valence-electron chi connectivity index (χ4n) is 1.55. The molecule has 0 unspecified atom stereocenters. The van der Waals surface area contributed by atoms with Gasteiger partial charge in [0, 0.05) is 26.0 Å². The average Bonchev–Trinajstić information content (AvgIpc) is 2.81. The maximum absolute atomic E-state index is 12.3. The zero-order chi connectivity index (χ0) is 14.1. The predicted octanol–water partition coefficient (Wildman–Crippen LogP) is 2.31. The molecule has 0 aromatic carbocycles. The number of halogens is 3. The summed E-state index contributed by atoms with van der Waals surface area (Å²) in [5.41, 5.74) is -0.704. The molecule has 0 amide bonds. The maximum atomic E-state index is 12.3. The Labute approximate surface area is 110 Å². The summed E-state index contributed by atoms with van der Waals surface area (Å²) in [6, 6.07) is 0. The smallest absolute Gasteiger partial charge is 0.382 e. The third kappa shape index (κ3) is 6.58. The van der Waals surface area contributed by atoms with Crippen molar-refractivity contribution < 1.29 is 17.9 Å². The van der Waals surface area contributed by atoms with E-state index in [9.17, 15) is 13.2 Å². The van der Waals surface area contributed by atoms with Crippen LogP contribution in [0.4, 0.5) is 13.2 Å². The van der Waals surface area contributed by atoms with Gasteiger partial charge in [-0.15, -0.1) is 0 Å². The highest BCUT2D eigenvalue weighted by molar-refractivity contribution is 5.08. The van der Waals surface area contributed by atoms with Gasteiger partial charge in [0.25, 0.3) is 0 Å². The number of nitrogens with zero attached hydrogens (tertiary/aromatic N) is 2. The van der Waals surface area contributed by atoms with Crippen molar-refractivity contribution in [1.82, 2.24) is 15.1 Å². The van der Waals surface area contributed by atoms with Crippen LogP contribution in [0.25, 0.3) is 0 Å². The molecule has 0 bridgehead atoms. The molecule has 1 aromatic rings. The van der Waals surface area contributed by atoms with E-state index in [1.165, 1.54) is 4.68 Å². The molecule has 0 saturated carbocycles. The Balaban J connectivity index is 2.08. The van der Waals surface area contributed by atoms with Crippen molar-refractivity contribution in [3.63, 3.8) is 0 Å². The first-order chi connectivity index (χ1) is 9.04. The van der Waals surface area contributed by atoms with E-state index in [0.717, 1.165) is 45.0 Å². The van der Waals surface area contributed by atoms with Gasteiger partial charge < -0.3 is 10.1 Å². The van der Waals surface area contributed by atoms with E-state index in [1.807, 2.05) is 6.92 Å². The number of nitrogens with one attached hydrogen (secondary N) is 1. The molecule has 0 atom stereocenters. The molecule has 1 heterocycles. The van der Waals surface area contributed by atoms with E-state index >= 15 is 0 Å². The average molecular weight is 279 g/mol. The van der Waals surface area contributed by atoms with Crippen molar-refractivity contribution in [1.29, 1.82) is 0 Å².